The van der Waals surface area contributed by atoms with E-state index in [-0.39, 0.29) is 11.1 Å². The fourth-order valence-electron chi connectivity index (χ4n) is 2.64. The highest BCUT2D eigenvalue weighted by Crippen LogP contribution is 2.26. The predicted molar refractivity (Wildman–Crippen MR) is 95.7 cm³/mol. The van der Waals surface area contributed by atoms with E-state index in [1.54, 1.807) is 4.90 Å². The van der Waals surface area contributed by atoms with Crippen LogP contribution in [0.15, 0.2) is 42.5 Å². The van der Waals surface area contributed by atoms with Crippen LogP contribution in [0.25, 0.3) is 0 Å². The Morgan fingerprint density at radius 1 is 1.00 bits per heavy atom. The van der Waals surface area contributed by atoms with Gasteiger partial charge in [0.15, 0.2) is 0 Å². The number of nitrogens with zero attached hydrogens (tertiary/aromatic N) is 2. The van der Waals surface area contributed by atoms with Crippen molar-refractivity contribution in [3.8, 4) is 0 Å². The summed E-state index contributed by atoms with van der Waals surface area (Å²) in [5.74, 6) is -0.511. The van der Waals surface area contributed by atoms with E-state index in [0.717, 1.165) is 5.69 Å². The third kappa shape index (κ3) is 3.74. The van der Waals surface area contributed by atoms with Gasteiger partial charge in [0.1, 0.15) is 5.82 Å². The molecular weight excluding hydrogens is 352 g/mol. The molecule has 0 atom stereocenters. The molecule has 0 saturated carbocycles. The Labute approximate surface area is 149 Å². The summed E-state index contributed by atoms with van der Waals surface area (Å²) in [6.07, 6.45) is 0. The number of hydrogen-bond donors (Lipinski definition) is 1. The maximum absolute atomic E-state index is 13.2. The molecule has 2 amide bonds. The lowest BCUT2D eigenvalue weighted by Gasteiger charge is -2.36. The summed E-state index contributed by atoms with van der Waals surface area (Å²) in [7, 11) is 0. The minimum absolute atomic E-state index is 0.0173. The Kier molecular flexibility index (Phi) is 5.11. The van der Waals surface area contributed by atoms with Crippen LogP contribution in [0.5, 0.6) is 0 Å². The summed E-state index contributed by atoms with van der Waals surface area (Å²) in [6.45, 7) is 2.54. The molecule has 0 aliphatic carbocycles. The molecule has 1 N–H and O–H groups in total. The molecule has 2 aromatic carbocycles. The zero-order valence-corrected chi connectivity index (χ0v) is 14.3. The molecule has 0 aromatic heterocycles. The second kappa shape index (κ2) is 7.28. The normalized spacial score (nSPS) is 14.6. The minimum Gasteiger partial charge on any atom is -0.367 e. The highest BCUT2D eigenvalue weighted by atomic mass is 35.5. The van der Waals surface area contributed by atoms with Crippen LogP contribution in [0.3, 0.4) is 0 Å². The number of benzene rings is 2. The molecule has 1 fully saturated rings. The lowest BCUT2D eigenvalue weighted by atomic mass is 10.2. The van der Waals surface area contributed by atoms with Crippen molar-refractivity contribution in [2.24, 2.45) is 0 Å². The van der Waals surface area contributed by atoms with E-state index in [1.165, 1.54) is 18.2 Å². The molecule has 4 nitrogen and oxygen atoms in total. The Balaban J connectivity index is 1.59. The van der Waals surface area contributed by atoms with E-state index in [9.17, 15) is 9.18 Å². The number of carbonyl (C=O) groups excluding carboxylic acids is 1. The molecule has 1 heterocycles. The van der Waals surface area contributed by atoms with Gasteiger partial charge in [-0.1, -0.05) is 35.3 Å². The van der Waals surface area contributed by atoms with Crippen LogP contribution in [-0.4, -0.2) is 37.1 Å². The largest absolute Gasteiger partial charge is 0.367 e. The second-order valence-corrected chi connectivity index (χ2v) is 6.30. The third-order valence-electron chi connectivity index (χ3n) is 3.93. The average molecular weight is 368 g/mol. The summed E-state index contributed by atoms with van der Waals surface area (Å²) in [5.41, 5.74) is 1.45. The number of halogens is 3. The van der Waals surface area contributed by atoms with E-state index in [0.29, 0.717) is 36.9 Å². The number of carbonyl (C=O) groups is 1. The fraction of sp³-hybridized carbons (Fsp3) is 0.235. The average Bonchev–Trinajstić information content (AvgIpc) is 2.59. The topological polar surface area (TPSA) is 35.6 Å². The van der Waals surface area contributed by atoms with Gasteiger partial charge in [-0.2, -0.15) is 0 Å². The Morgan fingerprint density at radius 3 is 2.38 bits per heavy atom. The molecule has 1 saturated heterocycles. The smallest absolute Gasteiger partial charge is 0.321 e. The molecule has 0 unspecified atom stereocenters. The Morgan fingerprint density at radius 2 is 1.71 bits per heavy atom. The van der Waals surface area contributed by atoms with Gasteiger partial charge in [0.05, 0.1) is 15.7 Å². The van der Waals surface area contributed by atoms with Crippen LogP contribution in [-0.2, 0) is 0 Å². The van der Waals surface area contributed by atoms with Crippen LogP contribution < -0.4 is 10.2 Å². The van der Waals surface area contributed by atoms with Crippen LogP contribution in [0.4, 0.5) is 20.6 Å². The molecule has 2 aromatic rings. The Hall–Kier alpha value is -1.98. The second-order valence-electron chi connectivity index (χ2n) is 5.48. The summed E-state index contributed by atoms with van der Waals surface area (Å²) < 4.78 is 13.2. The van der Waals surface area contributed by atoms with Gasteiger partial charge in [0, 0.05) is 31.9 Å². The lowest BCUT2D eigenvalue weighted by molar-refractivity contribution is 0.208. The number of para-hydroxylation sites is 1. The zero-order chi connectivity index (χ0) is 17.1. The van der Waals surface area contributed by atoms with Gasteiger partial charge >= 0.3 is 6.03 Å². The first kappa shape index (κ1) is 16.9. The first-order valence-corrected chi connectivity index (χ1v) is 8.30. The van der Waals surface area contributed by atoms with Crippen LogP contribution in [0, 0.1) is 5.82 Å². The van der Waals surface area contributed by atoms with Gasteiger partial charge in [-0.05, 0) is 30.3 Å². The van der Waals surface area contributed by atoms with E-state index in [1.807, 2.05) is 24.3 Å². The highest BCUT2D eigenvalue weighted by molar-refractivity contribution is 6.33. The van der Waals surface area contributed by atoms with E-state index in [4.69, 9.17) is 23.2 Å². The van der Waals surface area contributed by atoms with Crippen molar-refractivity contribution < 1.29 is 9.18 Å². The maximum Gasteiger partial charge on any atom is 0.321 e. The van der Waals surface area contributed by atoms with E-state index in [2.05, 4.69) is 10.2 Å². The number of nitrogens with one attached hydrogen (secondary N) is 1. The zero-order valence-electron chi connectivity index (χ0n) is 12.8. The lowest BCUT2D eigenvalue weighted by Crippen LogP contribution is -2.50. The predicted octanol–water partition coefficient (Wildman–Crippen LogP) is 4.49. The molecule has 0 radical (unpaired) electrons. The Bertz CT molecular complexity index is 748. The van der Waals surface area contributed by atoms with Crippen molar-refractivity contribution in [1.29, 1.82) is 0 Å². The van der Waals surface area contributed by atoms with Crippen LogP contribution in [0.1, 0.15) is 0 Å². The number of amides is 2. The monoisotopic (exact) mass is 367 g/mol. The van der Waals surface area contributed by atoms with Crippen molar-refractivity contribution in [2.75, 3.05) is 36.4 Å². The van der Waals surface area contributed by atoms with Crippen molar-refractivity contribution in [3.63, 3.8) is 0 Å². The minimum atomic E-state index is -0.511. The first-order valence-electron chi connectivity index (χ1n) is 7.55. The molecule has 1 aliphatic heterocycles. The molecule has 24 heavy (non-hydrogen) atoms. The van der Waals surface area contributed by atoms with Crippen LogP contribution >= 0.6 is 23.2 Å². The molecule has 3 rings (SSSR count). The molecule has 126 valence electrons. The molecule has 7 heteroatoms. The van der Waals surface area contributed by atoms with Gasteiger partial charge < -0.3 is 15.1 Å². The molecule has 0 spiro atoms. The van der Waals surface area contributed by atoms with Gasteiger partial charge in [0.2, 0.25) is 0 Å². The number of rotatable bonds is 2. The molecular formula is C17H16Cl2FN3O. The third-order valence-corrected chi connectivity index (χ3v) is 4.54. The number of anilines is 2. The van der Waals surface area contributed by atoms with Gasteiger partial charge in [-0.3, -0.25) is 0 Å². The first-order chi connectivity index (χ1) is 11.5. The number of hydrogen-bond acceptors (Lipinski definition) is 2. The summed E-state index contributed by atoms with van der Waals surface area (Å²) in [6, 6.07) is 11.5. The molecule has 0 bridgehead atoms. The highest BCUT2D eigenvalue weighted by Gasteiger charge is 2.22. The molecule has 1 aliphatic rings. The van der Waals surface area contributed by atoms with Crippen molar-refractivity contribution >= 4 is 40.6 Å². The SMILES string of the molecule is O=C(Nc1ccc(F)c(Cl)c1)N1CCN(c2ccccc2Cl)CC1. The number of urea groups is 1. The van der Waals surface area contributed by atoms with E-state index < -0.39 is 5.82 Å². The maximum atomic E-state index is 13.2. The van der Waals surface area contributed by atoms with Gasteiger partial charge in [-0.15, -0.1) is 0 Å². The van der Waals surface area contributed by atoms with Gasteiger partial charge in [-0.25, -0.2) is 9.18 Å². The summed E-state index contributed by atoms with van der Waals surface area (Å²) in [5, 5.41) is 3.42. The summed E-state index contributed by atoms with van der Waals surface area (Å²) in [4.78, 5) is 16.2. The standard InChI is InChI=1S/C17H16Cl2FN3O/c18-13-3-1-2-4-16(13)22-7-9-23(10-8-22)17(24)21-12-5-6-15(20)14(19)11-12/h1-6,11H,7-10H2,(H,21,24). The van der Waals surface area contributed by atoms with E-state index >= 15 is 0 Å². The fourth-order valence-corrected chi connectivity index (χ4v) is 3.07. The van der Waals surface area contributed by atoms with Crippen molar-refractivity contribution in [2.45, 2.75) is 0 Å². The van der Waals surface area contributed by atoms with Crippen molar-refractivity contribution in [1.82, 2.24) is 4.90 Å². The summed E-state index contributed by atoms with van der Waals surface area (Å²) >= 11 is 11.9. The number of piperazine rings is 1. The quantitative estimate of drug-likeness (QED) is 0.848. The van der Waals surface area contributed by atoms with Crippen LogP contribution in [0.2, 0.25) is 10.0 Å². The van der Waals surface area contributed by atoms with Crippen molar-refractivity contribution in [3.05, 3.63) is 58.3 Å². The van der Waals surface area contributed by atoms with Gasteiger partial charge in [0.25, 0.3) is 0 Å².